The molecule has 0 aliphatic heterocycles. The minimum Gasteiger partial charge on any atom is -0.352 e. The molecule has 1 N–H and O–H groups in total. The second-order valence-electron chi connectivity index (χ2n) is 6.41. The normalized spacial score (nSPS) is 14.4. The molecule has 7 nitrogen and oxygen atoms in total. The fourth-order valence-electron chi connectivity index (χ4n) is 3.16. The fourth-order valence-corrected chi connectivity index (χ4v) is 3.16. The van der Waals surface area contributed by atoms with Crippen LogP contribution in [0.1, 0.15) is 42.5 Å². The van der Waals surface area contributed by atoms with Crippen LogP contribution in [0.15, 0.2) is 33.5 Å². The van der Waals surface area contributed by atoms with E-state index in [9.17, 15) is 14.4 Å². The third-order valence-corrected chi connectivity index (χ3v) is 4.67. The Kier molecular flexibility index (Phi) is 4.83. The van der Waals surface area contributed by atoms with Crippen molar-refractivity contribution in [3.05, 3.63) is 50.3 Å². The highest BCUT2D eigenvalue weighted by atomic mass is 16.2. The summed E-state index contributed by atoms with van der Waals surface area (Å²) in [5.74, 6) is -0.262. The maximum absolute atomic E-state index is 12.3. The molecule has 132 valence electrons. The summed E-state index contributed by atoms with van der Waals surface area (Å²) in [5, 5.41) is 3.13. The number of amides is 1. The monoisotopic (exact) mass is 342 g/mol. The van der Waals surface area contributed by atoms with Crippen molar-refractivity contribution in [1.82, 2.24) is 19.4 Å². The van der Waals surface area contributed by atoms with Crippen LogP contribution in [0.5, 0.6) is 0 Å². The van der Waals surface area contributed by atoms with E-state index in [4.69, 9.17) is 0 Å². The van der Waals surface area contributed by atoms with Gasteiger partial charge in [0.05, 0.1) is 10.9 Å². The Hall–Kier alpha value is -2.70. The first kappa shape index (κ1) is 17.1. The zero-order valence-corrected chi connectivity index (χ0v) is 14.5. The van der Waals surface area contributed by atoms with E-state index in [1.165, 1.54) is 42.3 Å². The summed E-state index contributed by atoms with van der Waals surface area (Å²) >= 11 is 0. The molecule has 7 heteroatoms. The minimum absolute atomic E-state index is 0.257. The van der Waals surface area contributed by atoms with Crippen LogP contribution in [0.4, 0.5) is 0 Å². The van der Waals surface area contributed by atoms with Crippen molar-refractivity contribution in [2.24, 2.45) is 14.1 Å². The van der Waals surface area contributed by atoms with Crippen LogP contribution in [0.25, 0.3) is 11.0 Å². The van der Waals surface area contributed by atoms with Crippen molar-refractivity contribution < 1.29 is 4.79 Å². The average molecular weight is 342 g/mol. The Morgan fingerprint density at radius 3 is 2.76 bits per heavy atom. The van der Waals surface area contributed by atoms with Gasteiger partial charge in [0.25, 0.3) is 11.5 Å². The number of rotatable bonds is 4. The van der Waals surface area contributed by atoms with Crippen molar-refractivity contribution in [3.8, 4) is 0 Å². The van der Waals surface area contributed by atoms with Crippen LogP contribution in [0, 0.1) is 0 Å². The van der Waals surface area contributed by atoms with E-state index in [1.807, 2.05) is 0 Å². The van der Waals surface area contributed by atoms with Gasteiger partial charge in [-0.3, -0.25) is 18.7 Å². The van der Waals surface area contributed by atoms with Crippen LogP contribution in [-0.4, -0.2) is 26.6 Å². The van der Waals surface area contributed by atoms with E-state index in [1.54, 1.807) is 7.05 Å². The highest BCUT2D eigenvalue weighted by molar-refractivity contribution is 5.96. The van der Waals surface area contributed by atoms with Crippen molar-refractivity contribution in [2.75, 3.05) is 6.54 Å². The number of nitrogens with one attached hydrogen (secondary N) is 1. The van der Waals surface area contributed by atoms with Gasteiger partial charge >= 0.3 is 5.69 Å². The van der Waals surface area contributed by atoms with E-state index in [2.05, 4.69) is 16.4 Å². The first-order chi connectivity index (χ1) is 12.0. The van der Waals surface area contributed by atoms with Gasteiger partial charge in [-0.1, -0.05) is 11.6 Å². The van der Waals surface area contributed by atoms with E-state index in [-0.39, 0.29) is 16.9 Å². The molecule has 0 unspecified atom stereocenters. The molecule has 0 saturated heterocycles. The number of aromatic nitrogens is 3. The molecular formula is C18H22N4O3. The second-order valence-corrected chi connectivity index (χ2v) is 6.41. The van der Waals surface area contributed by atoms with Gasteiger partial charge in [0.15, 0.2) is 0 Å². The largest absolute Gasteiger partial charge is 0.352 e. The Balaban J connectivity index is 1.79. The lowest BCUT2D eigenvalue weighted by Crippen LogP contribution is -2.37. The lowest BCUT2D eigenvalue weighted by molar-refractivity contribution is 0.0954. The predicted molar refractivity (Wildman–Crippen MR) is 95.7 cm³/mol. The smallest absolute Gasteiger partial charge is 0.332 e. The minimum atomic E-state index is -0.451. The zero-order chi connectivity index (χ0) is 18.0. The summed E-state index contributed by atoms with van der Waals surface area (Å²) in [6.07, 6.45) is 9.21. The number of hydrogen-bond acceptors (Lipinski definition) is 4. The van der Waals surface area contributed by atoms with Crippen LogP contribution in [0.3, 0.4) is 0 Å². The maximum atomic E-state index is 12.3. The zero-order valence-electron chi connectivity index (χ0n) is 14.5. The number of fused-ring (bicyclic) bond motifs is 1. The van der Waals surface area contributed by atoms with E-state index >= 15 is 0 Å². The molecule has 0 spiro atoms. The van der Waals surface area contributed by atoms with Gasteiger partial charge in [-0.15, -0.1) is 0 Å². The summed E-state index contributed by atoms with van der Waals surface area (Å²) in [4.78, 5) is 40.7. The molecule has 2 heterocycles. The number of hydrogen-bond donors (Lipinski definition) is 1. The van der Waals surface area contributed by atoms with Gasteiger partial charge in [0.1, 0.15) is 5.65 Å². The van der Waals surface area contributed by atoms with E-state index < -0.39 is 11.2 Å². The molecule has 0 saturated carbocycles. The molecule has 0 atom stereocenters. The quantitative estimate of drug-likeness (QED) is 0.848. The molecule has 0 aromatic carbocycles. The Morgan fingerprint density at radius 2 is 2.04 bits per heavy atom. The van der Waals surface area contributed by atoms with Crippen LogP contribution in [-0.2, 0) is 14.1 Å². The lowest BCUT2D eigenvalue weighted by atomic mass is 9.97. The second kappa shape index (κ2) is 7.04. The molecule has 25 heavy (non-hydrogen) atoms. The van der Waals surface area contributed by atoms with Crippen molar-refractivity contribution >= 4 is 16.9 Å². The number of carbonyl (C=O) groups excluding carboxylic acids is 1. The third-order valence-electron chi connectivity index (χ3n) is 4.67. The predicted octanol–water partition coefficient (Wildman–Crippen LogP) is 1.25. The number of carbonyl (C=O) groups is 1. The molecule has 1 amide bonds. The van der Waals surface area contributed by atoms with E-state index in [0.717, 1.165) is 23.8 Å². The van der Waals surface area contributed by atoms with Gasteiger partial charge < -0.3 is 5.32 Å². The topological polar surface area (TPSA) is 86.0 Å². The summed E-state index contributed by atoms with van der Waals surface area (Å²) in [5.41, 5.74) is 1.10. The summed E-state index contributed by atoms with van der Waals surface area (Å²) in [6, 6.07) is 1.50. The van der Waals surface area contributed by atoms with Gasteiger partial charge in [0.2, 0.25) is 0 Å². The highest BCUT2D eigenvalue weighted by Gasteiger charge is 2.13. The molecule has 0 bridgehead atoms. The Bertz CT molecular complexity index is 969. The summed E-state index contributed by atoms with van der Waals surface area (Å²) < 4.78 is 2.31. The number of nitrogens with zero attached hydrogens (tertiary/aromatic N) is 3. The Morgan fingerprint density at radius 1 is 1.24 bits per heavy atom. The summed E-state index contributed by atoms with van der Waals surface area (Å²) in [7, 11) is 2.96. The first-order valence-electron chi connectivity index (χ1n) is 8.51. The molecule has 1 aliphatic rings. The summed E-state index contributed by atoms with van der Waals surface area (Å²) in [6.45, 7) is 0.563. The molecule has 2 aromatic heterocycles. The average Bonchev–Trinajstić information content (AvgIpc) is 2.65. The van der Waals surface area contributed by atoms with Crippen LogP contribution in [0.2, 0.25) is 0 Å². The highest BCUT2D eigenvalue weighted by Crippen LogP contribution is 2.19. The molecule has 1 aliphatic carbocycles. The number of pyridine rings is 1. The van der Waals surface area contributed by atoms with Crippen molar-refractivity contribution in [3.63, 3.8) is 0 Å². The van der Waals surface area contributed by atoms with Crippen LogP contribution >= 0.6 is 0 Å². The number of allylic oxidation sites excluding steroid dienone is 1. The molecular weight excluding hydrogens is 320 g/mol. The number of aryl methyl sites for hydroxylation is 1. The van der Waals surface area contributed by atoms with Gasteiger partial charge in [-0.2, -0.15) is 0 Å². The SMILES string of the molecule is Cn1c(=O)c2cc(C(=O)NCCC3=CCCCC3)cnc2n(C)c1=O. The maximum Gasteiger partial charge on any atom is 0.332 e. The molecule has 3 rings (SSSR count). The third kappa shape index (κ3) is 3.40. The van der Waals surface area contributed by atoms with Gasteiger partial charge in [0, 0.05) is 26.8 Å². The first-order valence-corrected chi connectivity index (χ1v) is 8.51. The van der Waals surface area contributed by atoms with Crippen LogP contribution < -0.4 is 16.6 Å². The van der Waals surface area contributed by atoms with Gasteiger partial charge in [-0.25, -0.2) is 9.78 Å². The van der Waals surface area contributed by atoms with E-state index in [0.29, 0.717) is 12.1 Å². The van der Waals surface area contributed by atoms with Gasteiger partial charge in [-0.05, 0) is 38.2 Å². The molecule has 2 aromatic rings. The van der Waals surface area contributed by atoms with Crippen molar-refractivity contribution in [1.29, 1.82) is 0 Å². The molecule has 0 fully saturated rings. The fraction of sp³-hybridized carbons (Fsp3) is 0.444. The molecule has 0 radical (unpaired) electrons. The standard InChI is InChI=1S/C18H22N4O3/c1-21-15-14(17(24)22(2)18(21)25)10-13(11-20-15)16(23)19-9-8-12-6-4-3-5-7-12/h6,10-11H,3-5,7-9H2,1-2H3,(H,19,23). The Labute approximate surface area is 145 Å². The van der Waals surface area contributed by atoms with Crippen molar-refractivity contribution in [2.45, 2.75) is 32.1 Å². The lowest BCUT2D eigenvalue weighted by Gasteiger charge is -2.13.